The van der Waals surface area contributed by atoms with Gasteiger partial charge >= 0.3 is 6.36 Å². The minimum atomic E-state index is -4.76. The van der Waals surface area contributed by atoms with Gasteiger partial charge in [-0.3, -0.25) is 9.36 Å². The van der Waals surface area contributed by atoms with E-state index in [-0.39, 0.29) is 17.4 Å². The zero-order valence-electron chi connectivity index (χ0n) is 15.1. The Hall–Kier alpha value is -3.14. The number of nitrogens with one attached hydrogen (secondary N) is 1. The standard InChI is InChI=1S/C19H16F3N3O3S/c1-27-15-8-4-14(5-9-15)25-11-10-23-18(25)29-12-17(26)24-13-2-6-16(7-3-13)28-19(20,21)22/h2-11H,12H2,1H3,(H,24,26). The topological polar surface area (TPSA) is 65.4 Å². The smallest absolute Gasteiger partial charge is 0.497 e. The number of halogens is 3. The van der Waals surface area contributed by atoms with Crippen molar-refractivity contribution in [1.82, 2.24) is 9.55 Å². The van der Waals surface area contributed by atoms with Gasteiger partial charge in [-0.05, 0) is 48.5 Å². The summed E-state index contributed by atoms with van der Waals surface area (Å²) in [6.45, 7) is 0. The van der Waals surface area contributed by atoms with Crippen LogP contribution in [0, 0.1) is 0 Å². The minimum Gasteiger partial charge on any atom is -0.497 e. The third-order valence-electron chi connectivity index (χ3n) is 3.66. The number of alkyl halides is 3. The quantitative estimate of drug-likeness (QED) is 0.567. The Labute approximate surface area is 168 Å². The summed E-state index contributed by atoms with van der Waals surface area (Å²) in [5.74, 6) is 0.137. The average molecular weight is 423 g/mol. The Bertz CT molecular complexity index is 957. The van der Waals surface area contributed by atoms with Crippen LogP contribution in [0.5, 0.6) is 11.5 Å². The molecule has 0 atom stereocenters. The van der Waals surface area contributed by atoms with E-state index >= 15 is 0 Å². The van der Waals surface area contributed by atoms with E-state index in [1.165, 1.54) is 23.9 Å². The number of benzene rings is 2. The fourth-order valence-electron chi connectivity index (χ4n) is 2.40. The van der Waals surface area contributed by atoms with Gasteiger partial charge in [-0.25, -0.2) is 4.98 Å². The molecular weight excluding hydrogens is 407 g/mol. The fourth-order valence-corrected chi connectivity index (χ4v) is 3.18. The number of nitrogens with zero attached hydrogens (tertiary/aromatic N) is 2. The Morgan fingerprint density at radius 2 is 1.76 bits per heavy atom. The predicted molar refractivity (Wildman–Crippen MR) is 103 cm³/mol. The lowest BCUT2D eigenvalue weighted by Gasteiger charge is -2.10. The number of methoxy groups -OCH3 is 1. The molecule has 0 aliphatic rings. The first-order valence-corrected chi connectivity index (χ1v) is 9.29. The summed E-state index contributed by atoms with van der Waals surface area (Å²) in [5.41, 5.74) is 1.23. The van der Waals surface area contributed by atoms with E-state index in [4.69, 9.17) is 4.74 Å². The molecule has 0 fully saturated rings. The maximum Gasteiger partial charge on any atom is 0.573 e. The van der Waals surface area contributed by atoms with Crippen LogP contribution in [0.4, 0.5) is 18.9 Å². The van der Waals surface area contributed by atoms with Crippen LogP contribution < -0.4 is 14.8 Å². The molecule has 152 valence electrons. The normalized spacial score (nSPS) is 11.2. The molecule has 1 aromatic heterocycles. The summed E-state index contributed by atoms with van der Waals surface area (Å²) in [6, 6.07) is 12.3. The molecule has 6 nitrogen and oxygen atoms in total. The zero-order valence-corrected chi connectivity index (χ0v) is 16.0. The van der Waals surface area contributed by atoms with Crippen LogP contribution in [0.1, 0.15) is 0 Å². The van der Waals surface area contributed by atoms with Crippen LogP contribution in [0.3, 0.4) is 0 Å². The van der Waals surface area contributed by atoms with Crippen LogP contribution in [0.25, 0.3) is 5.69 Å². The lowest BCUT2D eigenvalue weighted by molar-refractivity contribution is -0.274. The zero-order chi connectivity index (χ0) is 20.9. The fraction of sp³-hybridized carbons (Fsp3) is 0.158. The first-order chi connectivity index (χ1) is 13.8. The summed E-state index contributed by atoms with van der Waals surface area (Å²) in [5, 5.41) is 3.24. The molecule has 0 saturated heterocycles. The number of rotatable bonds is 7. The van der Waals surface area contributed by atoms with Gasteiger partial charge in [0.2, 0.25) is 5.91 Å². The summed E-state index contributed by atoms with van der Waals surface area (Å²) in [6.07, 6.45) is -1.35. The number of hydrogen-bond acceptors (Lipinski definition) is 5. The van der Waals surface area contributed by atoms with Gasteiger partial charge in [0.05, 0.1) is 12.9 Å². The van der Waals surface area contributed by atoms with Crippen LogP contribution >= 0.6 is 11.8 Å². The molecule has 1 heterocycles. The van der Waals surface area contributed by atoms with Crippen molar-refractivity contribution in [3.05, 3.63) is 60.9 Å². The molecule has 1 amide bonds. The maximum absolute atomic E-state index is 12.2. The number of anilines is 1. The van der Waals surface area contributed by atoms with Gasteiger partial charge in [0.25, 0.3) is 0 Å². The number of imidazole rings is 1. The lowest BCUT2D eigenvalue weighted by atomic mass is 10.3. The number of thioether (sulfide) groups is 1. The van der Waals surface area contributed by atoms with Crippen molar-refractivity contribution in [1.29, 1.82) is 0 Å². The third kappa shape index (κ3) is 5.92. The number of aromatic nitrogens is 2. The van der Waals surface area contributed by atoms with Crippen molar-refractivity contribution in [2.24, 2.45) is 0 Å². The van der Waals surface area contributed by atoms with E-state index in [0.29, 0.717) is 10.8 Å². The van der Waals surface area contributed by atoms with Crippen molar-refractivity contribution < 1.29 is 27.4 Å². The predicted octanol–water partition coefficient (Wildman–Crippen LogP) is 4.51. The molecule has 10 heteroatoms. The number of amides is 1. The molecule has 0 saturated carbocycles. The maximum atomic E-state index is 12.2. The van der Waals surface area contributed by atoms with Gasteiger partial charge in [-0.1, -0.05) is 11.8 Å². The number of hydrogen-bond donors (Lipinski definition) is 1. The molecule has 29 heavy (non-hydrogen) atoms. The van der Waals surface area contributed by atoms with Crippen LogP contribution in [0.2, 0.25) is 0 Å². The van der Waals surface area contributed by atoms with Gasteiger partial charge < -0.3 is 14.8 Å². The first kappa shape index (κ1) is 20.6. The highest BCUT2D eigenvalue weighted by atomic mass is 32.2. The van der Waals surface area contributed by atoms with E-state index in [9.17, 15) is 18.0 Å². The summed E-state index contributed by atoms with van der Waals surface area (Å²) in [4.78, 5) is 16.4. The first-order valence-electron chi connectivity index (χ1n) is 8.30. The van der Waals surface area contributed by atoms with Gasteiger partial charge in [0, 0.05) is 23.8 Å². The Morgan fingerprint density at radius 3 is 2.38 bits per heavy atom. The molecule has 2 aromatic carbocycles. The largest absolute Gasteiger partial charge is 0.573 e. The molecule has 0 aliphatic heterocycles. The molecule has 0 aliphatic carbocycles. The average Bonchev–Trinajstić information content (AvgIpc) is 3.15. The van der Waals surface area contributed by atoms with E-state index in [1.807, 2.05) is 28.8 Å². The summed E-state index contributed by atoms with van der Waals surface area (Å²) >= 11 is 1.23. The molecule has 0 spiro atoms. The van der Waals surface area contributed by atoms with Gasteiger partial charge in [0.15, 0.2) is 5.16 Å². The number of ether oxygens (including phenoxy) is 2. The van der Waals surface area contributed by atoms with Gasteiger partial charge in [-0.15, -0.1) is 13.2 Å². The lowest BCUT2D eigenvalue weighted by Crippen LogP contribution is -2.17. The molecule has 0 unspecified atom stereocenters. The van der Waals surface area contributed by atoms with Crippen molar-refractivity contribution >= 4 is 23.4 Å². The minimum absolute atomic E-state index is 0.0774. The number of carbonyl (C=O) groups excluding carboxylic acids is 1. The second kappa shape index (κ2) is 8.91. The molecule has 0 radical (unpaired) electrons. The van der Waals surface area contributed by atoms with E-state index < -0.39 is 6.36 Å². The third-order valence-corrected chi connectivity index (χ3v) is 4.63. The highest BCUT2D eigenvalue weighted by Gasteiger charge is 2.30. The highest BCUT2D eigenvalue weighted by Crippen LogP contribution is 2.25. The van der Waals surface area contributed by atoms with E-state index in [1.54, 1.807) is 19.5 Å². The summed E-state index contributed by atoms with van der Waals surface area (Å²) in [7, 11) is 1.59. The Morgan fingerprint density at radius 1 is 1.10 bits per heavy atom. The van der Waals surface area contributed by atoms with Crippen LogP contribution in [-0.2, 0) is 4.79 Å². The molecule has 0 bridgehead atoms. The molecular formula is C19H16F3N3O3S. The van der Waals surface area contributed by atoms with Crippen molar-refractivity contribution in [2.75, 3.05) is 18.2 Å². The Kier molecular flexibility index (Phi) is 6.32. The number of carbonyl (C=O) groups is 1. The SMILES string of the molecule is COc1ccc(-n2ccnc2SCC(=O)Nc2ccc(OC(F)(F)F)cc2)cc1. The van der Waals surface area contributed by atoms with Gasteiger partial charge in [0.1, 0.15) is 11.5 Å². The molecule has 3 aromatic rings. The Balaban J connectivity index is 1.57. The molecule has 3 rings (SSSR count). The monoisotopic (exact) mass is 423 g/mol. The van der Waals surface area contributed by atoms with Crippen molar-refractivity contribution in [3.8, 4) is 17.2 Å². The van der Waals surface area contributed by atoms with E-state index in [0.717, 1.165) is 23.6 Å². The van der Waals surface area contributed by atoms with Gasteiger partial charge in [-0.2, -0.15) is 0 Å². The van der Waals surface area contributed by atoms with Crippen molar-refractivity contribution in [2.45, 2.75) is 11.5 Å². The van der Waals surface area contributed by atoms with Crippen molar-refractivity contribution in [3.63, 3.8) is 0 Å². The van der Waals surface area contributed by atoms with Crippen LogP contribution in [-0.4, -0.2) is 34.7 Å². The highest BCUT2D eigenvalue weighted by molar-refractivity contribution is 7.99. The second-order valence-corrected chi connectivity index (χ2v) is 6.63. The second-order valence-electron chi connectivity index (χ2n) is 5.69. The summed E-state index contributed by atoms with van der Waals surface area (Å²) < 4.78 is 47.3. The molecule has 1 N–H and O–H groups in total. The van der Waals surface area contributed by atoms with Crippen LogP contribution in [0.15, 0.2) is 66.1 Å². The van der Waals surface area contributed by atoms with E-state index in [2.05, 4.69) is 15.0 Å².